The van der Waals surface area contributed by atoms with Crippen LogP contribution in [0.4, 0.5) is 11.4 Å². The van der Waals surface area contributed by atoms with Crippen LogP contribution in [0.2, 0.25) is 0 Å². The first-order valence-electron chi connectivity index (χ1n) is 4.37. The molecule has 3 rings (SSSR count). The van der Waals surface area contributed by atoms with Crippen LogP contribution in [0.15, 0.2) is 34.3 Å². The van der Waals surface area contributed by atoms with Crippen molar-refractivity contribution in [3.63, 3.8) is 0 Å². The molecule has 68 valence electrons. The van der Waals surface area contributed by atoms with Gasteiger partial charge in [-0.05, 0) is 12.1 Å². The summed E-state index contributed by atoms with van der Waals surface area (Å²) in [6, 6.07) is 7.72. The summed E-state index contributed by atoms with van der Waals surface area (Å²) in [5.41, 5.74) is 1.85. The zero-order valence-electron chi connectivity index (χ0n) is 7.34. The summed E-state index contributed by atoms with van der Waals surface area (Å²) < 4.78 is 0. The maximum absolute atomic E-state index is 11.1. The number of para-hydroxylation sites is 2. The molecule has 0 aromatic heterocycles. The average Bonchev–Trinajstić information content (AvgIpc) is 2.59. The van der Waals surface area contributed by atoms with Crippen LogP contribution in [0.5, 0.6) is 0 Å². The van der Waals surface area contributed by atoms with Crippen LogP contribution in [-0.2, 0) is 4.79 Å². The third-order valence-electron chi connectivity index (χ3n) is 2.30. The SMILES string of the molecule is O=C1CN2C(=N1)C=Nc1ccccc12. The lowest BCUT2D eigenvalue weighted by molar-refractivity contribution is -0.115. The van der Waals surface area contributed by atoms with Gasteiger partial charge in [0.05, 0.1) is 17.6 Å². The zero-order chi connectivity index (χ0) is 9.54. The molecule has 0 unspecified atom stereocenters. The molecule has 2 aliphatic heterocycles. The van der Waals surface area contributed by atoms with Crippen LogP contribution in [0.1, 0.15) is 0 Å². The Kier molecular flexibility index (Phi) is 1.33. The van der Waals surface area contributed by atoms with Gasteiger partial charge in [-0.3, -0.25) is 9.79 Å². The molecule has 0 saturated heterocycles. The van der Waals surface area contributed by atoms with Gasteiger partial charge >= 0.3 is 0 Å². The average molecular weight is 185 g/mol. The van der Waals surface area contributed by atoms with E-state index in [9.17, 15) is 4.79 Å². The molecule has 1 amide bonds. The van der Waals surface area contributed by atoms with Gasteiger partial charge in [0.25, 0.3) is 5.91 Å². The van der Waals surface area contributed by atoms with Crippen molar-refractivity contribution in [2.45, 2.75) is 0 Å². The molecular formula is C10H7N3O. The van der Waals surface area contributed by atoms with Gasteiger partial charge in [-0.2, -0.15) is 4.99 Å². The number of hydrogen-bond donors (Lipinski definition) is 0. The number of aliphatic imine (C=N–C) groups is 2. The fourth-order valence-electron chi connectivity index (χ4n) is 1.68. The molecule has 2 heterocycles. The van der Waals surface area contributed by atoms with E-state index in [0.29, 0.717) is 12.4 Å². The minimum absolute atomic E-state index is 0.108. The lowest BCUT2D eigenvalue weighted by atomic mass is 10.2. The second-order valence-electron chi connectivity index (χ2n) is 3.20. The topological polar surface area (TPSA) is 45.0 Å². The van der Waals surface area contributed by atoms with Gasteiger partial charge in [0.15, 0.2) is 5.84 Å². The maximum Gasteiger partial charge on any atom is 0.267 e. The Hall–Kier alpha value is -1.97. The summed E-state index contributed by atoms with van der Waals surface area (Å²) in [5, 5.41) is 0. The molecular weight excluding hydrogens is 178 g/mol. The van der Waals surface area contributed by atoms with Crippen molar-refractivity contribution in [2.75, 3.05) is 11.4 Å². The Bertz CT molecular complexity index is 476. The second kappa shape index (κ2) is 2.51. The summed E-state index contributed by atoms with van der Waals surface area (Å²) in [6.07, 6.45) is 1.63. The molecule has 4 heteroatoms. The number of carbonyl (C=O) groups is 1. The number of amidine groups is 1. The van der Waals surface area contributed by atoms with Crippen LogP contribution in [-0.4, -0.2) is 24.5 Å². The molecule has 2 aliphatic rings. The summed E-state index contributed by atoms with van der Waals surface area (Å²) in [7, 11) is 0. The normalized spacial score (nSPS) is 17.9. The molecule has 0 saturated carbocycles. The van der Waals surface area contributed by atoms with Crippen molar-refractivity contribution in [3.8, 4) is 0 Å². The number of hydrogen-bond acceptors (Lipinski definition) is 3. The summed E-state index contributed by atoms with van der Waals surface area (Å²) >= 11 is 0. The van der Waals surface area contributed by atoms with E-state index >= 15 is 0 Å². The number of amides is 1. The first kappa shape index (κ1) is 7.44. The summed E-state index contributed by atoms with van der Waals surface area (Å²) in [4.78, 5) is 21.1. The highest BCUT2D eigenvalue weighted by Crippen LogP contribution is 2.32. The van der Waals surface area contributed by atoms with Gasteiger partial charge in [-0.25, -0.2) is 0 Å². The first-order valence-corrected chi connectivity index (χ1v) is 4.37. The fourth-order valence-corrected chi connectivity index (χ4v) is 1.68. The number of anilines is 1. The lowest BCUT2D eigenvalue weighted by Crippen LogP contribution is -2.30. The first-order chi connectivity index (χ1) is 6.84. The molecule has 0 spiro atoms. The third-order valence-corrected chi connectivity index (χ3v) is 2.30. The molecule has 0 fully saturated rings. The van der Waals surface area contributed by atoms with Crippen molar-refractivity contribution in [1.82, 2.24) is 0 Å². The van der Waals surface area contributed by atoms with Crippen molar-refractivity contribution in [2.24, 2.45) is 9.98 Å². The van der Waals surface area contributed by atoms with Crippen molar-refractivity contribution in [3.05, 3.63) is 24.3 Å². The molecule has 1 aromatic carbocycles. The van der Waals surface area contributed by atoms with Gasteiger partial charge in [0, 0.05) is 0 Å². The van der Waals surface area contributed by atoms with Gasteiger partial charge in [0.2, 0.25) is 0 Å². The van der Waals surface area contributed by atoms with Crippen molar-refractivity contribution < 1.29 is 4.79 Å². The van der Waals surface area contributed by atoms with E-state index in [2.05, 4.69) is 9.98 Å². The standard InChI is InChI=1S/C10H7N3O/c14-10-6-13-8-4-2-1-3-7(8)11-5-9(13)12-10/h1-5H,6H2. The minimum Gasteiger partial charge on any atom is -0.313 e. The number of nitrogens with zero attached hydrogens (tertiary/aromatic N) is 3. The molecule has 0 bridgehead atoms. The van der Waals surface area contributed by atoms with Gasteiger partial charge in [-0.1, -0.05) is 12.1 Å². The summed E-state index contributed by atoms with van der Waals surface area (Å²) in [6.45, 7) is 0.332. The fraction of sp³-hybridized carbons (Fsp3) is 0.100. The highest BCUT2D eigenvalue weighted by Gasteiger charge is 2.27. The molecule has 0 aliphatic carbocycles. The number of carbonyl (C=O) groups excluding carboxylic acids is 1. The maximum atomic E-state index is 11.1. The quantitative estimate of drug-likeness (QED) is 0.608. The molecule has 0 radical (unpaired) electrons. The Morgan fingerprint density at radius 3 is 3.07 bits per heavy atom. The highest BCUT2D eigenvalue weighted by atomic mass is 16.2. The third kappa shape index (κ3) is 0.907. The van der Waals surface area contributed by atoms with Crippen LogP contribution in [0.25, 0.3) is 0 Å². The molecule has 0 N–H and O–H groups in total. The smallest absolute Gasteiger partial charge is 0.267 e. The van der Waals surface area contributed by atoms with Crippen LogP contribution >= 0.6 is 0 Å². The summed E-state index contributed by atoms with van der Waals surface area (Å²) in [5.74, 6) is 0.539. The van der Waals surface area contributed by atoms with E-state index in [1.807, 2.05) is 29.2 Å². The van der Waals surface area contributed by atoms with Crippen LogP contribution < -0.4 is 4.90 Å². The van der Waals surface area contributed by atoms with Gasteiger partial charge in [0.1, 0.15) is 6.54 Å². The lowest BCUT2D eigenvalue weighted by Gasteiger charge is -2.22. The number of fused-ring (bicyclic) bond motifs is 3. The number of benzene rings is 1. The van der Waals surface area contributed by atoms with Crippen LogP contribution in [0, 0.1) is 0 Å². The number of rotatable bonds is 0. The Morgan fingerprint density at radius 2 is 2.14 bits per heavy atom. The van der Waals surface area contributed by atoms with E-state index in [4.69, 9.17) is 0 Å². The van der Waals surface area contributed by atoms with E-state index in [1.165, 1.54) is 0 Å². The Balaban J connectivity index is 2.19. The Morgan fingerprint density at radius 1 is 1.29 bits per heavy atom. The van der Waals surface area contributed by atoms with Crippen molar-refractivity contribution in [1.29, 1.82) is 0 Å². The highest BCUT2D eigenvalue weighted by molar-refractivity contribution is 6.42. The van der Waals surface area contributed by atoms with E-state index in [1.54, 1.807) is 6.21 Å². The monoisotopic (exact) mass is 185 g/mol. The molecule has 4 nitrogen and oxygen atoms in total. The molecule has 14 heavy (non-hydrogen) atoms. The predicted molar refractivity (Wildman–Crippen MR) is 54.4 cm³/mol. The van der Waals surface area contributed by atoms with Crippen LogP contribution in [0.3, 0.4) is 0 Å². The molecule has 1 aromatic rings. The largest absolute Gasteiger partial charge is 0.313 e. The minimum atomic E-state index is -0.108. The van der Waals surface area contributed by atoms with E-state index in [-0.39, 0.29) is 5.91 Å². The van der Waals surface area contributed by atoms with Crippen molar-refractivity contribution >= 4 is 29.3 Å². The predicted octanol–water partition coefficient (Wildman–Crippen LogP) is 1.15. The zero-order valence-corrected chi connectivity index (χ0v) is 7.34. The van der Waals surface area contributed by atoms with E-state index < -0.39 is 0 Å². The van der Waals surface area contributed by atoms with Gasteiger partial charge in [-0.15, -0.1) is 0 Å². The van der Waals surface area contributed by atoms with Gasteiger partial charge < -0.3 is 4.90 Å². The van der Waals surface area contributed by atoms with E-state index in [0.717, 1.165) is 11.4 Å². The Labute approximate surface area is 80.6 Å². The molecule has 0 atom stereocenters. The second-order valence-corrected chi connectivity index (χ2v) is 3.20.